The van der Waals surface area contributed by atoms with Crippen molar-refractivity contribution < 1.29 is 13.9 Å². The zero-order chi connectivity index (χ0) is 18.4. The molecule has 0 saturated heterocycles. The van der Waals surface area contributed by atoms with Crippen molar-refractivity contribution in [2.24, 2.45) is 0 Å². The van der Waals surface area contributed by atoms with Gasteiger partial charge in [-0.05, 0) is 29.7 Å². The van der Waals surface area contributed by atoms with Crippen molar-refractivity contribution in [1.82, 2.24) is 15.3 Å². The van der Waals surface area contributed by atoms with E-state index in [1.165, 1.54) is 5.56 Å². The first kappa shape index (κ1) is 17.7. The highest BCUT2D eigenvalue weighted by molar-refractivity contribution is 5.77. The lowest BCUT2D eigenvalue weighted by atomic mass is 10.0. The van der Waals surface area contributed by atoms with E-state index in [2.05, 4.69) is 29.1 Å². The zero-order valence-electron chi connectivity index (χ0n) is 14.8. The molecule has 0 spiro atoms. The molecule has 3 aromatic rings. The number of aromatic nitrogens is 2. The Labute approximate surface area is 152 Å². The number of nitrogens with zero attached hydrogens (tertiary/aromatic N) is 2. The monoisotopic (exact) mass is 351 g/mol. The van der Waals surface area contributed by atoms with E-state index in [9.17, 15) is 4.79 Å². The zero-order valence-corrected chi connectivity index (χ0v) is 14.8. The van der Waals surface area contributed by atoms with Gasteiger partial charge >= 0.3 is 0 Å². The van der Waals surface area contributed by atoms with Crippen LogP contribution in [0.5, 0.6) is 5.75 Å². The van der Waals surface area contributed by atoms with Crippen molar-refractivity contribution in [2.75, 3.05) is 6.61 Å². The lowest BCUT2D eigenvalue weighted by Gasteiger charge is -2.10. The van der Waals surface area contributed by atoms with E-state index >= 15 is 0 Å². The SMILES string of the molecule is CC(C)c1ccc(OCC(=O)NCc2nccnc2-c2ccoc2)cc1. The first-order valence-corrected chi connectivity index (χ1v) is 8.45. The number of hydrogen-bond donors (Lipinski definition) is 1. The van der Waals surface area contributed by atoms with Crippen LogP contribution in [0.4, 0.5) is 0 Å². The summed E-state index contributed by atoms with van der Waals surface area (Å²) < 4.78 is 10.6. The molecule has 26 heavy (non-hydrogen) atoms. The third-order valence-electron chi connectivity index (χ3n) is 3.94. The van der Waals surface area contributed by atoms with Crippen LogP contribution in [0.15, 0.2) is 59.7 Å². The molecule has 6 nitrogen and oxygen atoms in total. The Balaban J connectivity index is 1.53. The summed E-state index contributed by atoms with van der Waals surface area (Å²) in [6.07, 6.45) is 6.37. The molecule has 1 amide bonds. The number of carbonyl (C=O) groups is 1. The van der Waals surface area contributed by atoms with Gasteiger partial charge in [-0.1, -0.05) is 26.0 Å². The van der Waals surface area contributed by atoms with Crippen molar-refractivity contribution in [3.05, 3.63) is 66.5 Å². The average molecular weight is 351 g/mol. The predicted octanol–water partition coefficient (Wildman–Crippen LogP) is 3.56. The molecule has 0 fully saturated rings. The Kier molecular flexibility index (Phi) is 5.63. The van der Waals surface area contributed by atoms with E-state index in [1.54, 1.807) is 31.0 Å². The van der Waals surface area contributed by atoms with Crippen LogP contribution in [0.1, 0.15) is 31.0 Å². The second-order valence-corrected chi connectivity index (χ2v) is 6.15. The fourth-order valence-corrected chi connectivity index (χ4v) is 2.47. The van der Waals surface area contributed by atoms with E-state index in [4.69, 9.17) is 9.15 Å². The number of amides is 1. The predicted molar refractivity (Wildman–Crippen MR) is 97.6 cm³/mol. The Morgan fingerprint density at radius 3 is 2.62 bits per heavy atom. The van der Waals surface area contributed by atoms with E-state index in [0.29, 0.717) is 23.1 Å². The van der Waals surface area contributed by atoms with Gasteiger partial charge in [0, 0.05) is 18.0 Å². The molecule has 1 aromatic carbocycles. The van der Waals surface area contributed by atoms with Crippen molar-refractivity contribution in [3.63, 3.8) is 0 Å². The lowest BCUT2D eigenvalue weighted by molar-refractivity contribution is -0.123. The highest BCUT2D eigenvalue weighted by atomic mass is 16.5. The maximum atomic E-state index is 12.1. The molecule has 1 N–H and O–H groups in total. The molecule has 0 bridgehead atoms. The first-order chi connectivity index (χ1) is 12.6. The van der Waals surface area contributed by atoms with Crippen LogP contribution in [0.25, 0.3) is 11.3 Å². The van der Waals surface area contributed by atoms with E-state index < -0.39 is 0 Å². The number of rotatable bonds is 7. The third-order valence-corrected chi connectivity index (χ3v) is 3.94. The molecule has 2 aromatic heterocycles. The second-order valence-electron chi connectivity index (χ2n) is 6.15. The van der Waals surface area contributed by atoms with Crippen LogP contribution in [0, 0.1) is 0 Å². The number of benzene rings is 1. The number of carbonyl (C=O) groups excluding carboxylic acids is 1. The highest BCUT2D eigenvalue weighted by Crippen LogP contribution is 2.20. The molecule has 0 radical (unpaired) electrons. The minimum absolute atomic E-state index is 0.0532. The van der Waals surface area contributed by atoms with E-state index in [1.807, 2.05) is 24.3 Å². The van der Waals surface area contributed by atoms with Crippen LogP contribution in [-0.4, -0.2) is 22.5 Å². The summed E-state index contributed by atoms with van der Waals surface area (Å²) in [5, 5.41) is 2.80. The standard InChI is InChI=1S/C20H21N3O3/c1-14(2)15-3-5-17(6-4-15)26-13-19(24)23-11-18-20(22-9-8-21-18)16-7-10-25-12-16/h3-10,12,14H,11,13H2,1-2H3,(H,23,24). The molecule has 0 atom stereocenters. The van der Waals surface area contributed by atoms with E-state index in [-0.39, 0.29) is 19.1 Å². The summed E-state index contributed by atoms with van der Waals surface area (Å²) in [6, 6.07) is 9.58. The molecule has 2 heterocycles. The Bertz CT molecular complexity index is 843. The Morgan fingerprint density at radius 1 is 1.15 bits per heavy atom. The second kappa shape index (κ2) is 8.29. The summed E-state index contributed by atoms with van der Waals surface area (Å²) in [7, 11) is 0. The molecule has 0 aliphatic heterocycles. The van der Waals surface area contributed by atoms with Gasteiger partial charge in [0.25, 0.3) is 5.91 Å². The molecule has 0 aliphatic rings. The molecule has 3 rings (SSSR count). The van der Waals surface area contributed by atoms with Crippen molar-refractivity contribution in [2.45, 2.75) is 26.3 Å². The summed E-state index contributed by atoms with van der Waals surface area (Å²) in [5.74, 6) is 0.911. The molecule has 134 valence electrons. The summed E-state index contributed by atoms with van der Waals surface area (Å²) in [5.41, 5.74) is 3.41. The maximum absolute atomic E-state index is 12.1. The smallest absolute Gasteiger partial charge is 0.258 e. The fraction of sp³-hybridized carbons (Fsp3) is 0.250. The topological polar surface area (TPSA) is 77.2 Å². The van der Waals surface area contributed by atoms with Crippen molar-refractivity contribution in [3.8, 4) is 17.0 Å². The normalized spacial score (nSPS) is 10.7. The van der Waals surface area contributed by atoms with Crippen LogP contribution in [-0.2, 0) is 11.3 Å². The van der Waals surface area contributed by atoms with Gasteiger partial charge in [0.05, 0.1) is 30.5 Å². The number of furan rings is 1. The van der Waals surface area contributed by atoms with Gasteiger partial charge < -0.3 is 14.5 Å². The van der Waals surface area contributed by atoms with E-state index in [0.717, 1.165) is 5.56 Å². The largest absolute Gasteiger partial charge is 0.484 e. The molecule has 6 heteroatoms. The number of hydrogen-bond acceptors (Lipinski definition) is 5. The van der Waals surface area contributed by atoms with Gasteiger partial charge in [0.2, 0.25) is 0 Å². The van der Waals surface area contributed by atoms with Gasteiger partial charge in [0.1, 0.15) is 5.75 Å². The van der Waals surface area contributed by atoms with Crippen LogP contribution >= 0.6 is 0 Å². The fourth-order valence-electron chi connectivity index (χ4n) is 2.47. The van der Waals surface area contributed by atoms with Gasteiger partial charge in [-0.2, -0.15) is 0 Å². The summed E-state index contributed by atoms with van der Waals surface area (Å²) in [4.78, 5) is 20.7. The Hall–Kier alpha value is -3.15. The van der Waals surface area contributed by atoms with Gasteiger partial charge in [-0.3, -0.25) is 14.8 Å². The highest BCUT2D eigenvalue weighted by Gasteiger charge is 2.11. The van der Waals surface area contributed by atoms with Crippen molar-refractivity contribution in [1.29, 1.82) is 0 Å². The molecular formula is C20H21N3O3. The third kappa shape index (κ3) is 4.47. The molecule has 0 aliphatic carbocycles. The molecular weight excluding hydrogens is 330 g/mol. The summed E-state index contributed by atoms with van der Waals surface area (Å²) in [6.45, 7) is 4.48. The summed E-state index contributed by atoms with van der Waals surface area (Å²) >= 11 is 0. The van der Waals surface area contributed by atoms with Crippen LogP contribution < -0.4 is 10.1 Å². The maximum Gasteiger partial charge on any atom is 0.258 e. The lowest BCUT2D eigenvalue weighted by Crippen LogP contribution is -2.29. The first-order valence-electron chi connectivity index (χ1n) is 8.45. The number of nitrogens with one attached hydrogen (secondary N) is 1. The minimum Gasteiger partial charge on any atom is -0.484 e. The quantitative estimate of drug-likeness (QED) is 0.704. The van der Waals surface area contributed by atoms with Crippen LogP contribution in [0.2, 0.25) is 0 Å². The minimum atomic E-state index is -0.221. The Morgan fingerprint density at radius 2 is 1.92 bits per heavy atom. The van der Waals surface area contributed by atoms with Crippen molar-refractivity contribution >= 4 is 5.91 Å². The van der Waals surface area contributed by atoms with Gasteiger partial charge in [-0.15, -0.1) is 0 Å². The molecule has 0 saturated carbocycles. The average Bonchev–Trinajstić information content (AvgIpc) is 3.20. The van der Waals surface area contributed by atoms with Gasteiger partial charge in [-0.25, -0.2) is 0 Å². The molecule has 0 unspecified atom stereocenters. The van der Waals surface area contributed by atoms with Gasteiger partial charge in [0.15, 0.2) is 6.61 Å². The van der Waals surface area contributed by atoms with Crippen LogP contribution in [0.3, 0.4) is 0 Å². The number of ether oxygens (including phenoxy) is 1.